The number of benzene rings is 1. The molecule has 0 aliphatic carbocycles. The van der Waals surface area contributed by atoms with Gasteiger partial charge in [0, 0.05) is 62.8 Å². The van der Waals surface area contributed by atoms with Crippen LogP contribution >= 0.6 is 11.8 Å². The summed E-state index contributed by atoms with van der Waals surface area (Å²) < 4.78 is 68.5. The van der Waals surface area contributed by atoms with Gasteiger partial charge >= 0.3 is 5.51 Å². The number of anilines is 1. The van der Waals surface area contributed by atoms with E-state index in [0.29, 0.717) is 18.8 Å². The monoisotopic (exact) mass is 469 g/mol. The number of carbonyl (C=O) groups excluding carboxylic acids is 1. The summed E-state index contributed by atoms with van der Waals surface area (Å²) in [6, 6.07) is 5.88. The molecule has 30 heavy (non-hydrogen) atoms. The Bertz CT molecular complexity index is 850. The maximum atomic E-state index is 13.3. The average Bonchev–Trinajstić information content (AvgIpc) is 2.73. The molecule has 0 atom stereocenters. The number of thioether (sulfide) groups is 1. The van der Waals surface area contributed by atoms with E-state index in [-0.39, 0.29) is 55.8 Å². The maximum absolute atomic E-state index is 13.3. The van der Waals surface area contributed by atoms with Crippen LogP contribution in [0, 0.1) is 0 Å². The van der Waals surface area contributed by atoms with Crippen molar-refractivity contribution < 1.29 is 36.3 Å². The second kappa shape index (κ2) is 8.91. The van der Waals surface area contributed by atoms with Gasteiger partial charge in [0.2, 0.25) is 10.0 Å². The molecule has 2 N–H and O–H groups in total. The second-order valence-electron chi connectivity index (χ2n) is 6.98. The van der Waals surface area contributed by atoms with Gasteiger partial charge in [0.05, 0.1) is 0 Å². The van der Waals surface area contributed by atoms with E-state index in [2.05, 4.69) is 0 Å². The molecule has 168 valence electrons. The average molecular weight is 470 g/mol. The van der Waals surface area contributed by atoms with Crippen molar-refractivity contribution in [1.29, 1.82) is 0 Å². The number of piperazine rings is 1. The molecule has 13 heteroatoms. The smallest absolute Gasteiger partial charge is 0.381 e. The number of rotatable bonds is 5. The fourth-order valence-electron chi connectivity index (χ4n) is 3.70. The van der Waals surface area contributed by atoms with Crippen molar-refractivity contribution in [2.75, 3.05) is 44.3 Å². The highest BCUT2D eigenvalue weighted by Gasteiger charge is 2.54. The standard InChI is InChI=1S/C17H22F3N3O5S2/c18-17(19,20)29-14-3-1-13(2-4-14)22-7-9-23(10-8-22)30(26,27)16(15(24)21-25)5-11-28-12-6-16/h1-4,25H,5-12H2,(H,21,24). The van der Waals surface area contributed by atoms with E-state index in [1.165, 1.54) is 21.9 Å². The number of alkyl halides is 3. The number of halogens is 3. The van der Waals surface area contributed by atoms with Crippen LogP contribution in [0.2, 0.25) is 0 Å². The highest BCUT2D eigenvalue weighted by molar-refractivity contribution is 8.00. The molecule has 2 saturated heterocycles. The predicted octanol–water partition coefficient (Wildman–Crippen LogP) is 1.80. The number of hydroxylamine groups is 1. The van der Waals surface area contributed by atoms with Gasteiger partial charge in [-0.15, -0.1) is 0 Å². The highest BCUT2D eigenvalue weighted by Crippen LogP contribution is 2.38. The molecular formula is C17H22F3N3O5S2. The quantitative estimate of drug-likeness (QED) is 0.386. The van der Waals surface area contributed by atoms with Crippen molar-refractivity contribution in [2.45, 2.75) is 28.0 Å². The van der Waals surface area contributed by atoms with Gasteiger partial charge in [0.25, 0.3) is 5.91 Å². The normalized spacial score (nSPS) is 20.7. The van der Waals surface area contributed by atoms with E-state index in [4.69, 9.17) is 9.94 Å². The van der Waals surface area contributed by atoms with Crippen LogP contribution in [0.4, 0.5) is 18.9 Å². The highest BCUT2D eigenvalue weighted by atomic mass is 32.2. The fraction of sp³-hybridized carbons (Fsp3) is 0.588. The van der Waals surface area contributed by atoms with E-state index in [1.807, 2.05) is 4.90 Å². The van der Waals surface area contributed by atoms with Gasteiger partial charge in [-0.05, 0) is 36.0 Å². The lowest BCUT2D eigenvalue weighted by atomic mass is 9.98. The fourth-order valence-corrected chi connectivity index (χ4v) is 6.34. The number of hydrogen-bond donors (Lipinski definition) is 2. The van der Waals surface area contributed by atoms with E-state index >= 15 is 0 Å². The summed E-state index contributed by atoms with van der Waals surface area (Å²) in [5.74, 6) is -0.967. The zero-order chi connectivity index (χ0) is 22.0. The Morgan fingerprint density at radius 3 is 2.17 bits per heavy atom. The first kappa shape index (κ1) is 23.1. The van der Waals surface area contributed by atoms with Crippen LogP contribution in [-0.2, 0) is 19.6 Å². The summed E-state index contributed by atoms with van der Waals surface area (Å²) in [4.78, 5) is 14.2. The Balaban J connectivity index is 1.69. The molecule has 0 radical (unpaired) electrons. The van der Waals surface area contributed by atoms with E-state index in [0.717, 1.165) is 0 Å². The molecule has 8 nitrogen and oxygen atoms in total. The summed E-state index contributed by atoms with van der Waals surface area (Å²) in [5, 5.41) is 9.09. The van der Waals surface area contributed by atoms with Gasteiger partial charge in [-0.3, -0.25) is 10.0 Å². The third kappa shape index (κ3) is 4.69. The molecule has 2 aliphatic heterocycles. The van der Waals surface area contributed by atoms with Crippen LogP contribution in [-0.4, -0.2) is 73.5 Å². The van der Waals surface area contributed by atoms with E-state index in [1.54, 1.807) is 12.1 Å². The minimum absolute atomic E-state index is 0.0553. The molecular weight excluding hydrogens is 447 g/mol. The summed E-state index contributed by atoms with van der Waals surface area (Å²) in [5.41, 5.74) is -2.19. The lowest BCUT2D eigenvalue weighted by Gasteiger charge is -2.42. The van der Waals surface area contributed by atoms with Crippen LogP contribution in [0.5, 0.6) is 0 Å². The van der Waals surface area contributed by atoms with Crippen molar-refractivity contribution >= 4 is 33.4 Å². The molecule has 2 aliphatic rings. The van der Waals surface area contributed by atoms with E-state index < -0.39 is 26.2 Å². The lowest BCUT2D eigenvalue weighted by Crippen LogP contribution is -2.62. The molecule has 2 heterocycles. The summed E-state index contributed by atoms with van der Waals surface area (Å²) in [6.45, 7) is 1.05. The number of sulfonamides is 1. The zero-order valence-electron chi connectivity index (χ0n) is 15.9. The summed E-state index contributed by atoms with van der Waals surface area (Å²) in [7, 11) is -4.06. The summed E-state index contributed by atoms with van der Waals surface area (Å²) >= 11 is -0.195. The van der Waals surface area contributed by atoms with Crippen LogP contribution < -0.4 is 10.4 Å². The van der Waals surface area contributed by atoms with Crippen molar-refractivity contribution in [1.82, 2.24) is 9.79 Å². The Morgan fingerprint density at radius 1 is 1.10 bits per heavy atom. The van der Waals surface area contributed by atoms with Crippen LogP contribution in [0.1, 0.15) is 12.8 Å². The third-order valence-corrected chi connectivity index (χ3v) is 8.69. The number of amides is 1. The predicted molar refractivity (Wildman–Crippen MR) is 104 cm³/mol. The van der Waals surface area contributed by atoms with Crippen LogP contribution in [0.15, 0.2) is 29.2 Å². The maximum Gasteiger partial charge on any atom is 0.446 e. The second-order valence-corrected chi connectivity index (χ2v) is 10.4. The molecule has 0 aromatic heterocycles. The zero-order valence-corrected chi connectivity index (χ0v) is 17.5. The number of carbonyl (C=O) groups is 1. The van der Waals surface area contributed by atoms with Crippen LogP contribution in [0.25, 0.3) is 0 Å². The van der Waals surface area contributed by atoms with Gasteiger partial charge in [0.15, 0.2) is 4.75 Å². The number of nitrogens with zero attached hydrogens (tertiary/aromatic N) is 2. The van der Waals surface area contributed by atoms with Gasteiger partial charge in [-0.25, -0.2) is 13.9 Å². The minimum Gasteiger partial charge on any atom is -0.381 e. The minimum atomic E-state index is -4.36. The van der Waals surface area contributed by atoms with Crippen molar-refractivity contribution in [3.8, 4) is 0 Å². The largest absolute Gasteiger partial charge is 0.446 e. The lowest BCUT2D eigenvalue weighted by molar-refractivity contribution is -0.134. The first-order valence-corrected chi connectivity index (χ1v) is 11.5. The Labute approximate surface area is 176 Å². The molecule has 0 saturated carbocycles. The van der Waals surface area contributed by atoms with Crippen molar-refractivity contribution in [2.24, 2.45) is 0 Å². The number of ether oxygens (including phenoxy) is 1. The Morgan fingerprint density at radius 2 is 1.67 bits per heavy atom. The summed E-state index contributed by atoms with van der Waals surface area (Å²) in [6.07, 6.45) is -0.111. The van der Waals surface area contributed by atoms with Crippen molar-refractivity contribution in [3.63, 3.8) is 0 Å². The van der Waals surface area contributed by atoms with Gasteiger partial charge < -0.3 is 9.64 Å². The molecule has 0 unspecified atom stereocenters. The van der Waals surface area contributed by atoms with Crippen molar-refractivity contribution in [3.05, 3.63) is 24.3 Å². The number of nitrogens with one attached hydrogen (secondary N) is 1. The first-order chi connectivity index (χ1) is 14.1. The first-order valence-electron chi connectivity index (χ1n) is 9.22. The van der Waals surface area contributed by atoms with Gasteiger partial charge in [0.1, 0.15) is 0 Å². The third-order valence-electron chi connectivity index (χ3n) is 5.32. The topological polar surface area (TPSA) is 99.2 Å². The van der Waals surface area contributed by atoms with Gasteiger partial charge in [-0.2, -0.15) is 17.5 Å². The molecule has 0 bridgehead atoms. The van der Waals surface area contributed by atoms with Crippen LogP contribution in [0.3, 0.4) is 0 Å². The SMILES string of the molecule is O=C(NO)C1(S(=O)(=O)N2CCN(c3ccc(SC(F)(F)F)cc3)CC2)CCOCC1. The molecule has 2 fully saturated rings. The molecule has 1 aromatic rings. The van der Waals surface area contributed by atoms with Gasteiger partial charge in [-0.1, -0.05) is 0 Å². The molecule has 0 spiro atoms. The Hall–Kier alpha value is -1.54. The molecule has 3 rings (SSSR count). The Kier molecular flexibility index (Phi) is 6.87. The molecule has 1 amide bonds. The number of hydrogen-bond acceptors (Lipinski definition) is 7. The van der Waals surface area contributed by atoms with E-state index in [9.17, 15) is 26.4 Å². The molecule has 1 aromatic carbocycles.